The third-order valence-corrected chi connectivity index (χ3v) is 5.73. The Balaban J connectivity index is 2.04. The number of aliphatic hydroxyl groups is 1. The van der Waals surface area contributed by atoms with Gasteiger partial charge in [0.1, 0.15) is 5.78 Å². The Morgan fingerprint density at radius 2 is 1.81 bits per heavy atom. The number of carbonyl (C=O) groups is 1. The van der Waals surface area contributed by atoms with E-state index < -0.39 is 5.60 Å². The molecule has 4 atom stereocenters. The van der Waals surface area contributed by atoms with Crippen molar-refractivity contribution >= 4 is 5.78 Å². The second-order valence-electron chi connectivity index (χ2n) is 6.34. The van der Waals surface area contributed by atoms with Crippen LogP contribution < -0.4 is 0 Å². The summed E-state index contributed by atoms with van der Waals surface area (Å²) in [6.07, 6.45) is 8.61. The van der Waals surface area contributed by atoms with Gasteiger partial charge in [0, 0.05) is 11.3 Å². The minimum Gasteiger partial charge on any atom is -0.390 e. The topological polar surface area (TPSA) is 37.3 Å². The van der Waals surface area contributed by atoms with E-state index in [1.807, 2.05) is 0 Å². The lowest BCUT2D eigenvalue weighted by Gasteiger charge is -2.50. The molecule has 0 amide bonds. The smallest absolute Gasteiger partial charge is 0.136 e. The van der Waals surface area contributed by atoms with Crippen molar-refractivity contribution in [3.05, 3.63) is 0 Å². The molecule has 3 aliphatic carbocycles. The molecule has 0 aliphatic heterocycles. The van der Waals surface area contributed by atoms with Gasteiger partial charge < -0.3 is 5.11 Å². The van der Waals surface area contributed by atoms with Crippen LogP contribution in [-0.4, -0.2) is 16.5 Å². The molecular weight excluding hydrogens is 200 g/mol. The molecule has 1 N–H and O–H groups in total. The van der Waals surface area contributed by atoms with E-state index in [0.717, 1.165) is 32.1 Å². The maximum absolute atomic E-state index is 12.1. The Kier molecular flexibility index (Phi) is 2.23. The van der Waals surface area contributed by atoms with E-state index in [1.54, 1.807) is 6.92 Å². The molecule has 0 radical (unpaired) electrons. The average molecular weight is 222 g/mol. The van der Waals surface area contributed by atoms with Crippen molar-refractivity contribution in [1.82, 2.24) is 0 Å². The highest BCUT2D eigenvalue weighted by Crippen LogP contribution is 2.63. The highest BCUT2D eigenvalue weighted by Gasteiger charge is 2.62. The highest BCUT2D eigenvalue weighted by atomic mass is 16.3. The minimum absolute atomic E-state index is 0.141. The van der Waals surface area contributed by atoms with Crippen molar-refractivity contribution in [2.24, 2.45) is 17.3 Å². The first-order valence-corrected chi connectivity index (χ1v) is 6.82. The molecular formula is C14H22O2. The van der Waals surface area contributed by atoms with Crippen LogP contribution in [0.25, 0.3) is 0 Å². The lowest BCUT2D eigenvalue weighted by Crippen LogP contribution is -2.51. The van der Waals surface area contributed by atoms with Gasteiger partial charge in [0.15, 0.2) is 0 Å². The lowest BCUT2D eigenvalue weighted by atomic mass is 9.55. The van der Waals surface area contributed by atoms with E-state index in [2.05, 4.69) is 0 Å². The van der Waals surface area contributed by atoms with Gasteiger partial charge in [0.2, 0.25) is 0 Å². The highest BCUT2D eigenvalue weighted by molar-refractivity contribution is 5.83. The zero-order chi connectivity index (χ0) is 11.4. The first kappa shape index (κ1) is 10.8. The van der Waals surface area contributed by atoms with Gasteiger partial charge in [-0.25, -0.2) is 0 Å². The number of ketones is 1. The van der Waals surface area contributed by atoms with Crippen LogP contribution in [0.2, 0.25) is 0 Å². The molecule has 0 heterocycles. The van der Waals surface area contributed by atoms with Gasteiger partial charge in [-0.1, -0.05) is 19.3 Å². The van der Waals surface area contributed by atoms with Crippen LogP contribution in [-0.2, 0) is 4.79 Å². The van der Waals surface area contributed by atoms with Crippen LogP contribution in [0.15, 0.2) is 0 Å². The van der Waals surface area contributed by atoms with Crippen LogP contribution in [0.4, 0.5) is 0 Å². The normalized spacial score (nSPS) is 51.1. The van der Waals surface area contributed by atoms with Crippen molar-refractivity contribution in [2.75, 3.05) is 0 Å². The Labute approximate surface area is 97.4 Å². The zero-order valence-corrected chi connectivity index (χ0v) is 10.2. The van der Waals surface area contributed by atoms with Crippen LogP contribution in [0, 0.1) is 17.3 Å². The number of carbonyl (C=O) groups excluding carboxylic acids is 1. The van der Waals surface area contributed by atoms with Gasteiger partial charge >= 0.3 is 0 Å². The molecule has 0 aromatic carbocycles. The van der Waals surface area contributed by atoms with E-state index in [-0.39, 0.29) is 5.41 Å². The van der Waals surface area contributed by atoms with Crippen molar-refractivity contribution in [3.8, 4) is 0 Å². The third kappa shape index (κ3) is 1.20. The first-order valence-electron chi connectivity index (χ1n) is 6.82. The molecule has 0 aromatic heterocycles. The van der Waals surface area contributed by atoms with Crippen molar-refractivity contribution in [3.63, 3.8) is 0 Å². The SMILES string of the molecule is CC(=O)C12CCCC3CCCC(O)(CC1)C32. The molecule has 0 saturated heterocycles. The van der Waals surface area contributed by atoms with E-state index in [1.165, 1.54) is 19.3 Å². The molecule has 0 aromatic rings. The monoisotopic (exact) mass is 222 g/mol. The molecule has 3 saturated carbocycles. The van der Waals surface area contributed by atoms with Crippen LogP contribution >= 0.6 is 0 Å². The Morgan fingerprint density at radius 3 is 2.50 bits per heavy atom. The van der Waals surface area contributed by atoms with Gasteiger partial charge in [-0.05, 0) is 44.9 Å². The molecule has 3 fully saturated rings. The maximum Gasteiger partial charge on any atom is 0.136 e. The van der Waals surface area contributed by atoms with Gasteiger partial charge in [-0.2, -0.15) is 0 Å². The van der Waals surface area contributed by atoms with Crippen molar-refractivity contribution in [2.45, 2.75) is 63.9 Å². The summed E-state index contributed by atoms with van der Waals surface area (Å²) in [6, 6.07) is 0. The minimum atomic E-state index is -0.491. The summed E-state index contributed by atoms with van der Waals surface area (Å²) in [5.41, 5.74) is -0.632. The Morgan fingerprint density at radius 1 is 1.12 bits per heavy atom. The summed E-state index contributed by atoms with van der Waals surface area (Å²) in [4.78, 5) is 12.1. The van der Waals surface area contributed by atoms with Gasteiger partial charge in [0.05, 0.1) is 5.60 Å². The molecule has 0 spiro atoms. The van der Waals surface area contributed by atoms with Crippen LogP contribution in [0.3, 0.4) is 0 Å². The number of hydrogen-bond acceptors (Lipinski definition) is 2. The lowest BCUT2D eigenvalue weighted by molar-refractivity contribution is -0.145. The fraction of sp³-hybridized carbons (Fsp3) is 0.929. The molecule has 90 valence electrons. The number of hydrogen-bond donors (Lipinski definition) is 1. The van der Waals surface area contributed by atoms with Crippen LogP contribution in [0.5, 0.6) is 0 Å². The molecule has 16 heavy (non-hydrogen) atoms. The average Bonchev–Trinajstić information content (AvgIpc) is 2.57. The standard InChI is InChI=1S/C14H22O2/c1-10(15)13-6-2-4-11-5-3-7-14(16,9-8-13)12(11)13/h11-12,16H,2-9H2,1H3. The van der Waals surface area contributed by atoms with Crippen LogP contribution in [0.1, 0.15) is 58.3 Å². The summed E-state index contributed by atoms with van der Waals surface area (Å²) in [5.74, 6) is 1.26. The predicted octanol–water partition coefficient (Wildman–Crippen LogP) is 2.69. The summed E-state index contributed by atoms with van der Waals surface area (Å²) in [7, 11) is 0. The molecule has 3 rings (SSSR count). The van der Waals surface area contributed by atoms with E-state index in [9.17, 15) is 9.90 Å². The Hall–Kier alpha value is -0.370. The Bertz CT molecular complexity index is 323. The zero-order valence-electron chi connectivity index (χ0n) is 10.2. The largest absolute Gasteiger partial charge is 0.390 e. The summed E-state index contributed by atoms with van der Waals surface area (Å²) in [5, 5.41) is 10.8. The molecule has 2 heteroatoms. The number of Topliss-reactive ketones (excluding diaryl/α,β-unsaturated/α-hetero) is 1. The van der Waals surface area contributed by atoms with Crippen molar-refractivity contribution < 1.29 is 9.90 Å². The molecule has 2 nitrogen and oxygen atoms in total. The van der Waals surface area contributed by atoms with Gasteiger partial charge in [-0.15, -0.1) is 0 Å². The summed E-state index contributed by atoms with van der Waals surface area (Å²) >= 11 is 0. The molecule has 3 aliphatic rings. The molecule has 0 bridgehead atoms. The van der Waals surface area contributed by atoms with Gasteiger partial charge in [0.25, 0.3) is 0 Å². The second-order valence-corrected chi connectivity index (χ2v) is 6.34. The van der Waals surface area contributed by atoms with E-state index >= 15 is 0 Å². The van der Waals surface area contributed by atoms with E-state index in [0.29, 0.717) is 17.6 Å². The molecule has 4 unspecified atom stereocenters. The maximum atomic E-state index is 12.1. The fourth-order valence-electron chi connectivity index (χ4n) is 5.11. The van der Waals surface area contributed by atoms with Gasteiger partial charge in [-0.3, -0.25) is 4.79 Å². The fourth-order valence-corrected chi connectivity index (χ4v) is 5.11. The predicted molar refractivity (Wildman–Crippen MR) is 62.0 cm³/mol. The second kappa shape index (κ2) is 3.32. The van der Waals surface area contributed by atoms with Crippen molar-refractivity contribution in [1.29, 1.82) is 0 Å². The quantitative estimate of drug-likeness (QED) is 0.740. The van der Waals surface area contributed by atoms with E-state index in [4.69, 9.17) is 0 Å². The third-order valence-electron chi connectivity index (χ3n) is 5.73. The number of rotatable bonds is 1. The summed E-state index contributed by atoms with van der Waals surface area (Å²) < 4.78 is 0. The summed E-state index contributed by atoms with van der Waals surface area (Å²) in [6.45, 7) is 1.75. The first-order chi connectivity index (χ1) is 7.58.